The van der Waals surface area contributed by atoms with Gasteiger partial charge in [-0.15, -0.1) is 10.2 Å². The van der Waals surface area contributed by atoms with Crippen LogP contribution >= 0.6 is 12.2 Å². The van der Waals surface area contributed by atoms with E-state index in [0.29, 0.717) is 11.6 Å². The molecule has 0 aliphatic carbocycles. The lowest BCUT2D eigenvalue weighted by molar-refractivity contribution is 0.449. The maximum Gasteiger partial charge on any atom is 0.264 e. The second-order valence-electron chi connectivity index (χ2n) is 3.52. The first kappa shape index (κ1) is 12.2. The maximum atomic E-state index is 11.6. The van der Waals surface area contributed by atoms with Crippen LogP contribution in [0.15, 0.2) is 9.90 Å². The van der Waals surface area contributed by atoms with Gasteiger partial charge < -0.3 is 10.1 Å². The number of aromatic nitrogens is 5. The van der Waals surface area contributed by atoms with Gasteiger partial charge in [-0.3, -0.25) is 9.78 Å². The molecule has 2 aromatic heterocycles. The van der Waals surface area contributed by atoms with Crippen molar-refractivity contribution in [3.63, 3.8) is 0 Å². The number of aryl methyl sites for hydroxylation is 2. The molecule has 94 valence electrons. The Kier molecular flexibility index (Phi) is 3.06. The second-order valence-corrected chi connectivity index (χ2v) is 3.93. The zero-order valence-corrected chi connectivity index (χ0v) is 10.4. The molecule has 0 saturated carbocycles. The molecule has 8 nitrogen and oxygen atoms in total. The van der Waals surface area contributed by atoms with Crippen molar-refractivity contribution in [3.8, 4) is 5.88 Å². The lowest BCUT2D eigenvalue weighted by atomic mass is 10.3. The van der Waals surface area contributed by atoms with Crippen molar-refractivity contribution < 1.29 is 5.11 Å². The van der Waals surface area contributed by atoms with Crippen LogP contribution in [0.25, 0.3) is 0 Å². The molecule has 0 fully saturated rings. The summed E-state index contributed by atoms with van der Waals surface area (Å²) in [5.74, 6) is 0.808. The highest BCUT2D eigenvalue weighted by Gasteiger charge is 2.06. The van der Waals surface area contributed by atoms with E-state index in [1.165, 1.54) is 10.9 Å². The molecule has 9 heteroatoms. The van der Waals surface area contributed by atoms with Crippen LogP contribution in [0.2, 0.25) is 0 Å². The number of aromatic amines is 2. The Balaban J connectivity index is 2.48. The number of nitrogens with one attached hydrogen (secondary N) is 2. The van der Waals surface area contributed by atoms with Gasteiger partial charge in [0.15, 0.2) is 16.4 Å². The number of hydrogen-bond acceptors (Lipinski definition) is 6. The summed E-state index contributed by atoms with van der Waals surface area (Å²) in [5.41, 5.74) is -0.542. The summed E-state index contributed by atoms with van der Waals surface area (Å²) < 4.78 is 1.49. The van der Waals surface area contributed by atoms with Crippen LogP contribution in [0.3, 0.4) is 0 Å². The van der Waals surface area contributed by atoms with E-state index in [1.807, 2.05) is 0 Å². The predicted molar refractivity (Wildman–Crippen MR) is 66.4 cm³/mol. The van der Waals surface area contributed by atoms with Gasteiger partial charge in [0.2, 0.25) is 5.88 Å². The number of aromatic hydroxyl groups is 1. The first-order valence-electron chi connectivity index (χ1n) is 4.97. The Morgan fingerprint density at radius 2 is 1.94 bits per heavy atom. The molecule has 18 heavy (non-hydrogen) atoms. The van der Waals surface area contributed by atoms with E-state index in [0.717, 1.165) is 0 Å². The van der Waals surface area contributed by atoms with E-state index >= 15 is 0 Å². The summed E-state index contributed by atoms with van der Waals surface area (Å²) in [6, 6.07) is 0. The van der Waals surface area contributed by atoms with Crippen LogP contribution < -0.4 is 5.56 Å². The van der Waals surface area contributed by atoms with Gasteiger partial charge >= 0.3 is 0 Å². The fourth-order valence-electron chi connectivity index (χ4n) is 1.35. The highest BCUT2D eigenvalue weighted by Crippen LogP contribution is 2.05. The lowest BCUT2D eigenvalue weighted by Crippen LogP contribution is -2.14. The molecule has 0 amide bonds. The van der Waals surface area contributed by atoms with Gasteiger partial charge in [0.1, 0.15) is 5.56 Å². The Hall–Kier alpha value is -2.29. The minimum Gasteiger partial charge on any atom is -0.494 e. The molecule has 2 rings (SSSR count). The summed E-state index contributed by atoms with van der Waals surface area (Å²) in [7, 11) is 0. The Bertz CT molecular complexity index is 706. The molecule has 0 unspecified atom stereocenters. The van der Waals surface area contributed by atoms with Gasteiger partial charge in [-0.25, -0.2) is 4.68 Å². The van der Waals surface area contributed by atoms with Crippen LogP contribution in [0, 0.1) is 18.6 Å². The molecule has 0 saturated heterocycles. The molecular weight excluding hydrogens is 256 g/mol. The summed E-state index contributed by atoms with van der Waals surface area (Å²) in [5, 5.41) is 21.2. The van der Waals surface area contributed by atoms with E-state index in [9.17, 15) is 9.90 Å². The maximum absolute atomic E-state index is 11.6. The molecule has 0 spiro atoms. The Labute approximate surface area is 106 Å². The van der Waals surface area contributed by atoms with Crippen molar-refractivity contribution in [2.75, 3.05) is 0 Å². The van der Waals surface area contributed by atoms with Crippen molar-refractivity contribution >= 4 is 18.4 Å². The number of H-pyrrole nitrogens is 2. The van der Waals surface area contributed by atoms with Gasteiger partial charge in [0.05, 0.1) is 6.21 Å². The first-order valence-corrected chi connectivity index (χ1v) is 5.38. The van der Waals surface area contributed by atoms with Crippen LogP contribution in [0.4, 0.5) is 0 Å². The van der Waals surface area contributed by atoms with Crippen molar-refractivity contribution in [1.29, 1.82) is 0 Å². The SMILES string of the molecule is Cc1nnc(C)n1/N=C/c1c(O)[nH]c(=S)[nH]c1=O. The zero-order valence-electron chi connectivity index (χ0n) is 9.63. The monoisotopic (exact) mass is 266 g/mol. The van der Waals surface area contributed by atoms with Crippen LogP contribution in [0.5, 0.6) is 5.88 Å². The number of nitrogens with zero attached hydrogens (tertiary/aromatic N) is 4. The Morgan fingerprint density at radius 1 is 1.33 bits per heavy atom. The molecule has 0 aromatic carbocycles. The molecule has 2 aromatic rings. The molecule has 0 bridgehead atoms. The van der Waals surface area contributed by atoms with E-state index in [2.05, 4.69) is 25.3 Å². The fraction of sp³-hybridized carbons (Fsp3) is 0.222. The quantitative estimate of drug-likeness (QED) is 0.532. The van der Waals surface area contributed by atoms with Crippen molar-refractivity contribution in [3.05, 3.63) is 32.3 Å². The van der Waals surface area contributed by atoms with E-state index in [4.69, 9.17) is 12.2 Å². The smallest absolute Gasteiger partial charge is 0.264 e. The summed E-state index contributed by atoms with van der Waals surface area (Å²) in [6.45, 7) is 3.44. The lowest BCUT2D eigenvalue weighted by Gasteiger charge is -1.99. The van der Waals surface area contributed by atoms with Gasteiger partial charge in [0, 0.05) is 0 Å². The van der Waals surface area contributed by atoms with Crippen LogP contribution in [0.1, 0.15) is 17.2 Å². The Morgan fingerprint density at radius 3 is 2.50 bits per heavy atom. The molecule has 2 heterocycles. The number of hydrogen-bond donors (Lipinski definition) is 3. The van der Waals surface area contributed by atoms with Gasteiger partial charge in [-0.05, 0) is 26.1 Å². The summed E-state index contributed by atoms with van der Waals surface area (Å²) in [6.07, 6.45) is 1.21. The molecule has 0 atom stereocenters. The van der Waals surface area contributed by atoms with Gasteiger partial charge in [0.25, 0.3) is 5.56 Å². The first-order chi connectivity index (χ1) is 8.49. The average molecular weight is 266 g/mol. The zero-order chi connectivity index (χ0) is 13.3. The van der Waals surface area contributed by atoms with Crippen molar-refractivity contribution in [2.45, 2.75) is 13.8 Å². The average Bonchev–Trinajstić information content (AvgIpc) is 2.58. The van der Waals surface area contributed by atoms with Gasteiger partial charge in [-0.1, -0.05) is 0 Å². The van der Waals surface area contributed by atoms with Gasteiger partial charge in [-0.2, -0.15) is 5.10 Å². The highest BCUT2D eigenvalue weighted by molar-refractivity contribution is 7.71. The molecule has 0 aliphatic rings. The third-order valence-electron chi connectivity index (χ3n) is 2.21. The molecule has 0 aliphatic heterocycles. The highest BCUT2D eigenvalue weighted by atomic mass is 32.1. The minimum absolute atomic E-state index is 0.0175. The predicted octanol–water partition coefficient (Wildman–Crippen LogP) is 0.229. The van der Waals surface area contributed by atoms with Crippen LogP contribution in [-0.4, -0.2) is 36.2 Å². The largest absolute Gasteiger partial charge is 0.494 e. The van der Waals surface area contributed by atoms with Crippen LogP contribution in [-0.2, 0) is 0 Å². The molecule has 0 radical (unpaired) electrons. The van der Waals surface area contributed by atoms with E-state index < -0.39 is 5.56 Å². The second kappa shape index (κ2) is 4.53. The van der Waals surface area contributed by atoms with E-state index in [-0.39, 0.29) is 16.2 Å². The third kappa shape index (κ3) is 2.20. The number of rotatable bonds is 2. The van der Waals surface area contributed by atoms with Crippen molar-refractivity contribution in [2.24, 2.45) is 5.10 Å². The van der Waals surface area contributed by atoms with Crippen molar-refractivity contribution in [1.82, 2.24) is 24.8 Å². The molecular formula is C9H10N6O2S. The minimum atomic E-state index is -0.525. The van der Waals surface area contributed by atoms with E-state index in [1.54, 1.807) is 13.8 Å². The topological polar surface area (TPSA) is 112 Å². The fourth-order valence-corrected chi connectivity index (χ4v) is 1.54. The normalized spacial score (nSPS) is 11.2. The third-order valence-corrected chi connectivity index (χ3v) is 2.42. The molecule has 3 N–H and O–H groups in total. The summed E-state index contributed by atoms with van der Waals surface area (Å²) in [4.78, 5) is 16.3. The standard InChI is InChI=1S/C9H10N6O2S/c1-4-13-14-5(2)15(4)10-3-6-7(16)11-9(18)12-8(6)17/h3H,1-2H3,(H3,11,12,16,17,18)/b10-3+. The summed E-state index contributed by atoms with van der Waals surface area (Å²) >= 11 is 4.71.